The predicted molar refractivity (Wildman–Crippen MR) is 153 cm³/mol. The third kappa shape index (κ3) is 3.52. The monoisotopic (exact) mass is 680 g/mol. The molecule has 7 rings (SSSR count). The van der Waals surface area contributed by atoms with Gasteiger partial charge in [-0.25, -0.2) is 0 Å². The van der Waals surface area contributed by atoms with Gasteiger partial charge in [-0.3, -0.25) is 0 Å². The van der Waals surface area contributed by atoms with E-state index in [2.05, 4.69) is 0 Å². The average molecular weight is 681 g/mol. The summed E-state index contributed by atoms with van der Waals surface area (Å²) in [6, 6.07) is 15.2. The van der Waals surface area contributed by atoms with Crippen LogP contribution < -0.4 is 8.70 Å². The van der Waals surface area contributed by atoms with Crippen molar-refractivity contribution in [1.82, 2.24) is 0 Å². The third-order valence-electron chi connectivity index (χ3n) is 6.32. The molecule has 2 fully saturated rings. The van der Waals surface area contributed by atoms with Gasteiger partial charge >= 0.3 is 232 Å². The van der Waals surface area contributed by atoms with Crippen LogP contribution in [0, 0.1) is 0 Å². The predicted octanol–water partition coefficient (Wildman–Crippen LogP) is 4.38. The van der Waals surface area contributed by atoms with Gasteiger partial charge in [-0.05, 0) is 0 Å². The molecule has 0 unspecified atom stereocenters. The van der Waals surface area contributed by atoms with Crippen LogP contribution in [0.1, 0.15) is 27.0 Å². The normalized spacial score (nSPS) is 20.6. The Morgan fingerprint density at radius 2 is 1.23 bits per heavy atom. The Labute approximate surface area is 229 Å². The van der Waals surface area contributed by atoms with Crippen LogP contribution in [0.15, 0.2) is 58.3 Å². The summed E-state index contributed by atoms with van der Waals surface area (Å²) >= 11 is -1.51. The van der Waals surface area contributed by atoms with Crippen LogP contribution in [0.2, 0.25) is 0 Å². The molecule has 2 saturated heterocycles. The molecule has 0 atom stereocenters. The Balaban J connectivity index is 1.57. The van der Waals surface area contributed by atoms with Crippen molar-refractivity contribution >= 4 is 91.2 Å². The van der Waals surface area contributed by atoms with Crippen molar-refractivity contribution in [2.24, 2.45) is 0 Å². The van der Waals surface area contributed by atoms with Gasteiger partial charge in [-0.15, -0.1) is 0 Å². The number of hydrogen-bond donors (Lipinski definition) is 2. The zero-order valence-electron chi connectivity index (χ0n) is 18.1. The minimum atomic E-state index is -1.60. The van der Waals surface area contributed by atoms with E-state index in [1.165, 1.54) is 0 Å². The Bertz CT molecular complexity index is 1320. The Morgan fingerprint density at radius 1 is 0.714 bits per heavy atom. The number of aromatic hydroxyl groups is 2. The fourth-order valence-corrected chi connectivity index (χ4v) is 38.5. The van der Waals surface area contributed by atoms with E-state index in [1.54, 1.807) is 23.9 Å². The van der Waals surface area contributed by atoms with Gasteiger partial charge in [0.25, 0.3) is 0 Å². The summed E-state index contributed by atoms with van der Waals surface area (Å²) in [5, 5.41) is 22.3. The molecule has 0 bridgehead atoms. The number of ether oxygens (including phenoxy) is 1. The Morgan fingerprint density at radius 3 is 1.77 bits per heavy atom. The summed E-state index contributed by atoms with van der Waals surface area (Å²) in [5.41, 5.74) is 2.25. The molecule has 0 amide bonds. The van der Waals surface area contributed by atoms with E-state index in [1.807, 2.05) is 76.5 Å². The van der Waals surface area contributed by atoms with Crippen LogP contribution in [-0.4, -0.2) is 63.9 Å². The standard InChI is InChI=1S/C24H18As2O4S5/c27-17-7-5-15-21(19(17)25-31-9-10-32-25)35-22-16(6-8-18(28)20(22)26-33-11-12-34-26)24(15)14-4-2-1-3-13(14)23(29)30-24/h1-8,27-28H,9-12H2. The summed E-state index contributed by atoms with van der Waals surface area (Å²) in [4.78, 5) is 15.3. The minimum absolute atomic E-state index is 0.321. The number of carbonyl (C=O) groups excluding carboxylic acids is 1. The van der Waals surface area contributed by atoms with Crippen LogP contribution >= 0.6 is 51.9 Å². The van der Waals surface area contributed by atoms with E-state index in [-0.39, 0.29) is 5.97 Å². The molecule has 35 heavy (non-hydrogen) atoms. The molecule has 1 spiro atoms. The van der Waals surface area contributed by atoms with Crippen molar-refractivity contribution in [3.05, 3.63) is 70.8 Å². The SMILES string of the molecule is O=C1OC2(c3ccccc31)c1ccc(O)c([As]3SCCS3)c1Sc1c2ccc(O)c1[As]1SCCS1. The van der Waals surface area contributed by atoms with Crippen molar-refractivity contribution in [2.45, 2.75) is 15.4 Å². The van der Waals surface area contributed by atoms with Gasteiger partial charge < -0.3 is 0 Å². The summed E-state index contributed by atoms with van der Waals surface area (Å²) in [6.45, 7) is 0. The fraction of sp³-hybridized carbons (Fsp3) is 0.208. The topological polar surface area (TPSA) is 66.8 Å². The first kappa shape index (κ1) is 23.7. The number of carbonyl (C=O) groups is 1. The number of benzene rings is 3. The van der Waals surface area contributed by atoms with Crippen molar-refractivity contribution in [3.63, 3.8) is 0 Å². The van der Waals surface area contributed by atoms with Crippen molar-refractivity contribution in [3.8, 4) is 11.5 Å². The average Bonchev–Trinajstić information content (AvgIpc) is 3.62. The molecule has 4 heterocycles. The van der Waals surface area contributed by atoms with Gasteiger partial charge in [0.1, 0.15) is 0 Å². The second-order valence-electron chi connectivity index (χ2n) is 8.19. The second kappa shape index (κ2) is 9.11. The first-order chi connectivity index (χ1) is 17.1. The molecule has 0 saturated carbocycles. The van der Waals surface area contributed by atoms with Crippen LogP contribution in [0.5, 0.6) is 11.5 Å². The zero-order valence-corrected chi connectivity index (χ0v) is 25.9. The Hall–Kier alpha value is -0.403. The first-order valence-corrected chi connectivity index (χ1v) is 26.6. The van der Waals surface area contributed by atoms with Crippen LogP contribution in [0.3, 0.4) is 0 Å². The molecule has 178 valence electrons. The van der Waals surface area contributed by atoms with Gasteiger partial charge in [-0.1, -0.05) is 0 Å². The summed E-state index contributed by atoms with van der Waals surface area (Å²) in [5.74, 6) is 4.79. The van der Waals surface area contributed by atoms with Crippen molar-refractivity contribution in [2.75, 3.05) is 23.0 Å². The quantitative estimate of drug-likeness (QED) is 0.304. The second-order valence-corrected chi connectivity index (χ2v) is 32.4. The summed E-state index contributed by atoms with van der Waals surface area (Å²) in [6.07, 6.45) is 0. The van der Waals surface area contributed by atoms with Crippen LogP contribution in [0.25, 0.3) is 0 Å². The van der Waals surface area contributed by atoms with Crippen LogP contribution in [-0.2, 0) is 10.3 Å². The molecular weight excluding hydrogens is 662 g/mol. The number of rotatable bonds is 2. The summed E-state index contributed by atoms with van der Waals surface area (Å²) in [7, 11) is 7.97. The maximum atomic E-state index is 13.2. The molecule has 3 aromatic carbocycles. The van der Waals surface area contributed by atoms with Gasteiger partial charge in [0, 0.05) is 0 Å². The maximum absolute atomic E-state index is 13.2. The van der Waals surface area contributed by atoms with E-state index < -0.39 is 30.3 Å². The van der Waals surface area contributed by atoms with Crippen molar-refractivity contribution < 1.29 is 19.7 Å². The molecule has 0 radical (unpaired) electrons. The molecule has 4 aliphatic heterocycles. The number of phenols is 2. The zero-order chi connectivity index (χ0) is 23.7. The molecular formula is C24H18As2O4S5. The number of fused-ring (bicyclic) bond motifs is 6. The number of hydrogen-bond acceptors (Lipinski definition) is 9. The molecule has 4 nitrogen and oxygen atoms in total. The number of esters is 1. The van der Waals surface area contributed by atoms with E-state index >= 15 is 0 Å². The van der Waals surface area contributed by atoms with E-state index in [4.69, 9.17) is 4.74 Å². The van der Waals surface area contributed by atoms with E-state index in [0.29, 0.717) is 17.1 Å². The molecule has 11 heteroatoms. The van der Waals surface area contributed by atoms with Gasteiger partial charge in [-0.2, -0.15) is 0 Å². The van der Waals surface area contributed by atoms with Crippen LogP contribution in [0.4, 0.5) is 0 Å². The van der Waals surface area contributed by atoms with E-state index in [9.17, 15) is 15.0 Å². The molecule has 4 aliphatic rings. The molecule has 2 N–H and O–H groups in total. The first-order valence-electron chi connectivity index (χ1n) is 10.9. The summed E-state index contributed by atoms with van der Waals surface area (Å²) < 4.78 is 8.53. The third-order valence-corrected chi connectivity index (χ3v) is 35.5. The molecule has 0 aliphatic carbocycles. The molecule has 3 aromatic rings. The fourth-order valence-electron chi connectivity index (χ4n) is 4.91. The van der Waals surface area contributed by atoms with Gasteiger partial charge in [0.15, 0.2) is 0 Å². The van der Waals surface area contributed by atoms with Crippen molar-refractivity contribution in [1.29, 1.82) is 0 Å². The van der Waals surface area contributed by atoms with E-state index in [0.717, 1.165) is 58.2 Å². The van der Waals surface area contributed by atoms with Gasteiger partial charge in [0.2, 0.25) is 0 Å². The number of phenolic OH excluding ortho intramolecular Hbond substituents is 2. The Kier molecular flexibility index (Phi) is 6.17. The van der Waals surface area contributed by atoms with Gasteiger partial charge in [0.05, 0.1) is 0 Å². The molecule has 0 aromatic heterocycles.